The fourth-order valence-electron chi connectivity index (χ4n) is 3.22. The number of benzene rings is 1. The van der Waals surface area contributed by atoms with Gasteiger partial charge >= 0.3 is 0 Å². The van der Waals surface area contributed by atoms with Crippen molar-refractivity contribution >= 4 is 52.5 Å². The summed E-state index contributed by atoms with van der Waals surface area (Å²) in [6.45, 7) is 3.79. The van der Waals surface area contributed by atoms with E-state index in [4.69, 9.17) is 23.8 Å². The minimum absolute atomic E-state index is 0.0162. The number of carbonyl (C=O) groups excluding carboxylic acids is 2. The van der Waals surface area contributed by atoms with E-state index in [9.17, 15) is 9.59 Å². The lowest BCUT2D eigenvalue weighted by molar-refractivity contribution is -0.122. The number of thiocarbonyl (C=S) groups is 1. The second-order valence-corrected chi connectivity index (χ2v) is 7.24. The summed E-state index contributed by atoms with van der Waals surface area (Å²) < 4.78 is 3.59. The highest BCUT2D eigenvalue weighted by Crippen LogP contribution is 2.25. The third-order valence-corrected chi connectivity index (χ3v) is 5.09. The molecule has 1 saturated heterocycles. The van der Waals surface area contributed by atoms with Crippen LogP contribution in [0.4, 0.5) is 5.69 Å². The predicted molar refractivity (Wildman–Crippen MR) is 112 cm³/mol. The van der Waals surface area contributed by atoms with Crippen molar-refractivity contribution in [3.8, 4) is 0 Å². The van der Waals surface area contributed by atoms with E-state index in [0.29, 0.717) is 10.7 Å². The molecular weight excluding hydrogens is 412 g/mol. The number of hydrogen-bond acceptors (Lipinski definition) is 5. The number of nitrogens with one attached hydrogen (secondary N) is 1. The van der Waals surface area contributed by atoms with Gasteiger partial charge in [-0.25, -0.2) is 4.68 Å². The van der Waals surface area contributed by atoms with Crippen molar-refractivity contribution in [1.29, 1.82) is 0 Å². The van der Waals surface area contributed by atoms with Crippen LogP contribution >= 0.6 is 23.8 Å². The highest BCUT2D eigenvalue weighted by molar-refractivity contribution is 7.80. The molecule has 0 atom stereocenters. The third-order valence-electron chi connectivity index (χ3n) is 4.56. The van der Waals surface area contributed by atoms with Gasteiger partial charge in [0.15, 0.2) is 5.11 Å². The van der Waals surface area contributed by atoms with Crippen molar-refractivity contribution in [3.05, 3.63) is 70.5 Å². The van der Waals surface area contributed by atoms with Crippen LogP contribution in [0.2, 0.25) is 5.02 Å². The Morgan fingerprint density at radius 2 is 1.76 bits per heavy atom. The highest BCUT2D eigenvalue weighted by Gasteiger charge is 2.34. The van der Waals surface area contributed by atoms with Gasteiger partial charge in [0.1, 0.15) is 18.2 Å². The number of halogens is 1. The maximum Gasteiger partial charge on any atom is 0.270 e. The summed E-state index contributed by atoms with van der Waals surface area (Å²) in [4.78, 5) is 26.9. The summed E-state index contributed by atoms with van der Waals surface area (Å²) in [5.41, 5.74) is 2.94. The molecule has 1 aliphatic heterocycles. The lowest BCUT2D eigenvalue weighted by atomic mass is 10.1. The van der Waals surface area contributed by atoms with E-state index in [1.165, 1.54) is 4.90 Å². The van der Waals surface area contributed by atoms with Crippen molar-refractivity contribution in [2.24, 2.45) is 0 Å². The zero-order valence-electron chi connectivity index (χ0n) is 15.5. The third kappa shape index (κ3) is 3.34. The monoisotopic (exact) mass is 426 g/mol. The molecule has 4 rings (SSSR count). The summed E-state index contributed by atoms with van der Waals surface area (Å²) in [5.74, 6) is -1.05. The number of anilines is 1. The molecule has 2 amide bonds. The number of carbonyl (C=O) groups is 2. The number of rotatable bonds is 3. The van der Waals surface area contributed by atoms with Crippen LogP contribution in [-0.4, -0.2) is 36.5 Å². The normalized spacial score (nSPS) is 15.9. The quantitative estimate of drug-likeness (QED) is 0.395. The molecule has 1 N–H and O–H groups in total. The maximum absolute atomic E-state index is 13.1. The summed E-state index contributed by atoms with van der Waals surface area (Å²) in [7, 11) is 0. The molecule has 146 valence electrons. The molecule has 2 aromatic heterocycles. The first-order valence-corrected chi connectivity index (χ1v) is 9.36. The topological polar surface area (TPSA) is 85.0 Å². The van der Waals surface area contributed by atoms with Gasteiger partial charge in [-0.05, 0) is 68.0 Å². The Hall–Kier alpha value is -3.30. The van der Waals surface area contributed by atoms with Crippen LogP contribution in [-0.2, 0) is 9.59 Å². The maximum atomic E-state index is 13.1. The zero-order valence-corrected chi connectivity index (χ0v) is 17.0. The number of amides is 2. The first-order valence-electron chi connectivity index (χ1n) is 8.58. The van der Waals surface area contributed by atoms with Gasteiger partial charge in [0.2, 0.25) is 0 Å². The largest absolute Gasteiger partial charge is 0.298 e. The van der Waals surface area contributed by atoms with E-state index in [0.717, 1.165) is 17.0 Å². The van der Waals surface area contributed by atoms with Crippen LogP contribution in [0.25, 0.3) is 6.08 Å². The lowest BCUT2D eigenvalue weighted by Crippen LogP contribution is -2.54. The minimum Gasteiger partial charge on any atom is -0.298 e. The minimum atomic E-state index is -0.542. The summed E-state index contributed by atoms with van der Waals surface area (Å²) in [6, 6.07) is 8.51. The van der Waals surface area contributed by atoms with Crippen molar-refractivity contribution in [2.75, 3.05) is 4.90 Å². The molecule has 8 nitrogen and oxygen atoms in total. The van der Waals surface area contributed by atoms with Gasteiger partial charge in [0.05, 0.1) is 5.69 Å². The first kappa shape index (κ1) is 19.0. The number of hydrogen-bond donors (Lipinski definition) is 1. The van der Waals surface area contributed by atoms with Crippen molar-refractivity contribution in [3.63, 3.8) is 0 Å². The fourth-order valence-corrected chi connectivity index (χ4v) is 3.62. The van der Waals surface area contributed by atoms with Crippen LogP contribution in [0.3, 0.4) is 0 Å². The van der Waals surface area contributed by atoms with Gasteiger partial charge in [-0.2, -0.15) is 0 Å². The van der Waals surface area contributed by atoms with E-state index in [1.807, 2.05) is 24.6 Å². The molecule has 10 heteroatoms. The van der Waals surface area contributed by atoms with Gasteiger partial charge in [0.25, 0.3) is 11.8 Å². The van der Waals surface area contributed by atoms with E-state index in [2.05, 4.69) is 15.5 Å². The zero-order chi connectivity index (χ0) is 20.7. The van der Waals surface area contributed by atoms with Gasteiger partial charge < -0.3 is 0 Å². The SMILES string of the molecule is Cc1cc(C=C2C(=O)NC(=S)N(c3ccc(Cl)cc3)C2=O)c(C)n1-n1cnnc1. The molecule has 0 radical (unpaired) electrons. The highest BCUT2D eigenvalue weighted by atomic mass is 35.5. The molecule has 1 aliphatic rings. The molecule has 1 fully saturated rings. The van der Waals surface area contributed by atoms with Crippen LogP contribution in [0.5, 0.6) is 0 Å². The first-order chi connectivity index (χ1) is 13.9. The standard InChI is InChI=1S/C19H15ClN6O2S/c1-11-7-13(12(2)26(11)24-9-21-22-10-24)8-16-17(27)23-19(29)25(18(16)28)15-5-3-14(20)4-6-15/h3-10H,1-2H3,(H,23,27,29). The molecule has 29 heavy (non-hydrogen) atoms. The number of aromatic nitrogens is 4. The van der Waals surface area contributed by atoms with Crippen LogP contribution in [0, 0.1) is 13.8 Å². The summed E-state index contributed by atoms with van der Waals surface area (Å²) >= 11 is 11.1. The Morgan fingerprint density at radius 3 is 2.41 bits per heavy atom. The lowest BCUT2D eigenvalue weighted by Gasteiger charge is -2.28. The van der Waals surface area contributed by atoms with Crippen LogP contribution in [0.15, 0.2) is 48.6 Å². The number of aryl methyl sites for hydroxylation is 1. The van der Waals surface area contributed by atoms with E-state index < -0.39 is 11.8 Å². The molecule has 0 aliphatic carbocycles. The molecule has 0 unspecified atom stereocenters. The predicted octanol–water partition coefficient (Wildman–Crippen LogP) is 2.49. The van der Waals surface area contributed by atoms with Crippen molar-refractivity contribution in [2.45, 2.75) is 13.8 Å². The number of nitrogens with zero attached hydrogens (tertiary/aromatic N) is 5. The summed E-state index contributed by atoms with van der Waals surface area (Å²) in [6.07, 6.45) is 4.69. The average Bonchev–Trinajstić information content (AvgIpc) is 3.28. The Kier molecular flexibility index (Phi) is 4.77. The van der Waals surface area contributed by atoms with Crippen LogP contribution < -0.4 is 10.2 Å². The van der Waals surface area contributed by atoms with Gasteiger partial charge in [-0.1, -0.05) is 11.6 Å². The molecule has 3 aromatic rings. The Labute approximate surface area is 176 Å². The van der Waals surface area contributed by atoms with E-state index in [1.54, 1.807) is 47.7 Å². The van der Waals surface area contributed by atoms with Gasteiger partial charge in [0, 0.05) is 16.4 Å². The molecular formula is C19H15ClN6O2S. The molecule has 1 aromatic carbocycles. The van der Waals surface area contributed by atoms with Crippen LogP contribution in [0.1, 0.15) is 17.0 Å². The van der Waals surface area contributed by atoms with Gasteiger partial charge in [-0.15, -0.1) is 10.2 Å². The molecule has 0 saturated carbocycles. The Bertz CT molecular complexity index is 1160. The van der Waals surface area contributed by atoms with Crippen molar-refractivity contribution in [1.82, 2.24) is 24.9 Å². The van der Waals surface area contributed by atoms with Gasteiger partial charge in [-0.3, -0.25) is 24.5 Å². The average molecular weight is 427 g/mol. The second kappa shape index (κ2) is 7.26. The summed E-state index contributed by atoms with van der Waals surface area (Å²) in [5, 5.41) is 10.8. The Balaban J connectivity index is 1.76. The molecule has 3 heterocycles. The second-order valence-electron chi connectivity index (χ2n) is 6.41. The smallest absolute Gasteiger partial charge is 0.270 e. The molecule has 0 spiro atoms. The van der Waals surface area contributed by atoms with E-state index in [-0.39, 0.29) is 10.7 Å². The van der Waals surface area contributed by atoms with E-state index >= 15 is 0 Å². The van der Waals surface area contributed by atoms with Crippen molar-refractivity contribution < 1.29 is 9.59 Å². The fraction of sp³-hybridized carbons (Fsp3) is 0.105. The Morgan fingerprint density at radius 1 is 1.10 bits per heavy atom. The molecule has 0 bridgehead atoms.